The molecule has 0 heterocycles. The van der Waals surface area contributed by atoms with Crippen LogP contribution in [0.15, 0.2) is 42.5 Å². The van der Waals surface area contributed by atoms with Crippen molar-refractivity contribution in [3.63, 3.8) is 0 Å². The van der Waals surface area contributed by atoms with E-state index in [-0.39, 0.29) is 17.9 Å². The zero-order valence-corrected chi connectivity index (χ0v) is 11.3. The van der Waals surface area contributed by atoms with E-state index >= 15 is 0 Å². The number of benzene rings is 2. The molecule has 0 aromatic heterocycles. The molecular formula is C15H13NO5. The molecule has 0 fully saturated rings. The summed E-state index contributed by atoms with van der Waals surface area (Å²) >= 11 is 0. The summed E-state index contributed by atoms with van der Waals surface area (Å²) in [4.78, 5) is 20.9. The molecule has 6 nitrogen and oxygen atoms in total. The highest BCUT2D eigenvalue weighted by Gasteiger charge is 2.09. The summed E-state index contributed by atoms with van der Waals surface area (Å²) in [5.74, 6) is -0.420. The molecule has 0 aliphatic rings. The fourth-order valence-corrected chi connectivity index (χ4v) is 1.81. The summed E-state index contributed by atoms with van der Waals surface area (Å²) in [5.41, 5.74) is 1.72. The van der Waals surface area contributed by atoms with E-state index in [1.165, 1.54) is 24.3 Å². The van der Waals surface area contributed by atoms with Crippen LogP contribution >= 0.6 is 0 Å². The number of aromatic carboxylic acids is 1. The van der Waals surface area contributed by atoms with Gasteiger partial charge in [0.1, 0.15) is 12.4 Å². The Morgan fingerprint density at radius 2 is 1.90 bits per heavy atom. The van der Waals surface area contributed by atoms with Gasteiger partial charge in [-0.1, -0.05) is 12.1 Å². The number of hydrogen-bond donors (Lipinski definition) is 1. The number of nitro groups is 1. The van der Waals surface area contributed by atoms with Gasteiger partial charge in [-0.15, -0.1) is 0 Å². The molecule has 21 heavy (non-hydrogen) atoms. The van der Waals surface area contributed by atoms with Crippen LogP contribution in [0.25, 0.3) is 0 Å². The molecule has 0 aliphatic carbocycles. The second-order valence-corrected chi connectivity index (χ2v) is 4.50. The van der Waals surface area contributed by atoms with Gasteiger partial charge in [0.05, 0.1) is 10.5 Å². The van der Waals surface area contributed by atoms with E-state index in [1.54, 1.807) is 25.1 Å². The lowest BCUT2D eigenvalue weighted by atomic mass is 10.1. The third kappa shape index (κ3) is 3.56. The lowest BCUT2D eigenvalue weighted by molar-refractivity contribution is -0.384. The maximum Gasteiger partial charge on any atom is 0.335 e. The van der Waals surface area contributed by atoms with Gasteiger partial charge in [0.15, 0.2) is 0 Å². The maximum absolute atomic E-state index is 10.7. The van der Waals surface area contributed by atoms with E-state index in [4.69, 9.17) is 9.84 Å². The van der Waals surface area contributed by atoms with Crippen LogP contribution < -0.4 is 4.74 Å². The Morgan fingerprint density at radius 3 is 2.43 bits per heavy atom. The number of carboxylic acid groups (broad SMARTS) is 1. The minimum Gasteiger partial charge on any atom is -0.489 e. The van der Waals surface area contributed by atoms with Crippen molar-refractivity contribution in [3.8, 4) is 5.75 Å². The summed E-state index contributed by atoms with van der Waals surface area (Å²) in [6.45, 7) is 1.99. The zero-order chi connectivity index (χ0) is 15.4. The van der Waals surface area contributed by atoms with Gasteiger partial charge in [-0.3, -0.25) is 10.1 Å². The molecule has 0 aliphatic heterocycles. The third-order valence-corrected chi connectivity index (χ3v) is 2.96. The molecular weight excluding hydrogens is 274 g/mol. The number of non-ortho nitro benzene ring substituents is 1. The highest BCUT2D eigenvalue weighted by molar-refractivity contribution is 5.87. The number of nitro benzene ring substituents is 1. The summed E-state index contributed by atoms with van der Waals surface area (Å²) < 4.78 is 5.59. The number of aryl methyl sites for hydroxylation is 1. The number of carbonyl (C=O) groups is 1. The Balaban J connectivity index is 2.06. The minimum atomic E-state index is -0.978. The van der Waals surface area contributed by atoms with E-state index in [9.17, 15) is 14.9 Å². The minimum absolute atomic E-state index is 0.0191. The van der Waals surface area contributed by atoms with Crippen molar-refractivity contribution in [2.45, 2.75) is 13.5 Å². The van der Waals surface area contributed by atoms with Gasteiger partial charge in [0, 0.05) is 12.1 Å². The Kier molecular flexibility index (Phi) is 4.18. The fraction of sp³-hybridized carbons (Fsp3) is 0.133. The molecule has 0 saturated carbocycles. The van der Waals surface area contributed by atoms with E-state index in [0.717, 1.165) is 5.56 Å². The van der Waals surface area contributed by atoms with Crippen molar-refractivity contribution in [1.29, 1.82) is 0 Å². The second kappa shape index (κ2) is 6.04. The van der Waals surface area contributed by atoms with Crippen LogP contribution in [0.2, 0.25) is 0 Å². The highest BCUT2D eigenvalue weighted by Crippen LogP contribution is 2.24. The van der Waals surface area contributed by atoms with Crippen LogP contribution in [0.3, 0.4) is 0 Å². The van der Waals surface area contributed by atoms with Gasteiger partial charge in [0.25, 0.3) is 5.69 Å². The molecule has 108 valence electrons. The zero-order valence-electron chi connectivity index (χ0n) is 11.3. The quantitative estimate of drug-likeness (QED) is 0.673. The molecule has 0 bridgehead atoms. The largest absolute Gasteiger partial charge is 0.489 e. The summed E-state index contributed by atoms with van der Waals surface area (Å²) in [5, 5.41) is 19.5. The van der Waals surface area contributed by atoms with Crippen molar-refractivity contribution in [2.24, 2.45) is 0 Å². The Bertz CT molecular complexity index is 679. The number of ether oxygens (including phenoxy) is 1. The molecule has 6 heteroatoms. The molecule has 1 N–H and O–H groups in total. The summed E-state index contributed by atoms with van der Waals surface area (Å²) in [6, 6.07) is 10.7. The van der Waals surface area contributed by atoms with Gasteiger partial charge < -0.3 is 9.84 Å². The Labute approximate surface area is 120 Å². The van der Waals surface area contributed by atoms with Crippen molar-refractivity contribution < 1.29 is 19.6 Å². The Hall–Kier alpha value is -2.89. The highest BCUT2D eigenvalue weighted by atomic mass is 16.6. The average Bonchev–Trinajstić information content (AvgIpc) is 2.46. The summed E-state index contributed by atoms with van der Waals surface area (Å²) in [7, 11) is 0. The molecule has 0 spiro atoms. The van der Waals surface area contributed by atoms with Crippen molar-refractivity contribution in [3.05, 3.63) is 69.3 Å². The fourth-order valence-electron chi connectivity index (χ4n) is 1.81. The standard InChI is InChI=1S/C15H13NO5/c1-10-8-13(16(19)20)6-7-14(10)21-9-11-2-4-12(5-3-11)15(17)18/h2-8H,9H2,1H3,(H,17,18). The van der Waals surface area contributed by atoms with E-state index in [1.807, 2.05) is 0 Å². The first-order valence-corrected chi connectivity index (χ1v) is 6.17. The monoisotopic (exact) mass is 287 g/mol. The molecule has 2 aromatic rings. The second-order valence-electron chi connectivity index (χ2n) is 4.50. The van der Waals surface area contributed by atoms with Gasteiger partial charge in [-0.25, -0.2) is 4.79 Å². The van der Waals surface area contributed by atoms with Gasteiger partial charge in [-0.05, 0) is 36.2 Å². The van der Waals surface area contributed by atoms with Crippen molar-refractivity contribution in [2.75, 3.05) is 0 Å². The number of carboxylic acids is 1. The van der Waals surface area contributed by atoms with Crippen LogP contribution in [-0.2, 0) is 6.61 Å². The van der Waals surface area contributed by atoms with Crippen LogP contribution in [0.1, 0.15) is 21.5 Å². The predicted molar refractivity (Wildman–Crippen MR) is 75.6 cm³/mol. The first-order chi connectivity index (χ1) is 9.97. The number of nitrogens with zero attached hydrogens (tertiary/aromatic N) is 1. The van der Waals surface area contributed by atoms with Crippen LogP contribution in [0.5, 0.6) is 5.75 Å². The molecule has 2 rings (SSSR count). The van der Waals surface area contributed by atoms with E-state index < -0.39 is 10.9 Å². The normalized spacial score (nSPS) is 10.1. The Morgan fingerprint density at radius 1 is 1.24 bits per heavy atom. The van der Waals surface area contributed by atoms with Crippen LogP contribution in [0.4, 0.5) is 5.69 Å². The van der Waals surface area contributed by atoms with Crippen molar-refractivity contribution in [1.82, 2.24) is 0 Å². The van der Waals surface area contributed by atoms with Crippen LogP contribution in [0, 0.1) is 17.0 Å². The summed E-state index contributed by atoms with van der Waals surface area (Å²) in [6.07, 6.45) is 0. The predicted octanol–water partition coefficient (Wildman–Crippen LogP) is 3.18. The van der Waals surface area contributed by atoms with Gasteiger partial charge >= 0.3 is 5.97 Å². The SMILES string of the molecule is Cc1cc([N+](=O)[O-])ccc1OCc1ccc(C(=O)O)cc1. The average molecular weight is 287 g/mol. The number of rotatable bonds is 5. The molecule has 0 unspecified atom stereocenters. The maximum atomic E-state index is 10.7. The molecule has 0 radical (unpaired) electrons. The molecule has 0 saturated heterocycles. The van der Waals surface area contributed by atoms with Crippen molar-refractivity contribution >= 4 is 11.7 Å². The number of hydrogen-bond acceptors (Lipinski definition) is 4. The lowest BCUT2D eigenvalue weighted by Crippen LogP contribution is -2.00. The van der Waals surface area contributed by atoms with Crippen LogP contribution in [-0.4, -0.2) is 16.0 Å². The van der Waals surface area contributed by atoms with Gasteiger partial charge in [-0.2, -0.15) is 0 Å². The third-order valence-electron chi connectivity index (χ3n) is 2.96. The first kappa shape index (κ1) is 14.5. The first-order valence-electron chi connectivity index (χ1n) is 6.17. The molecule has 2 aromatic carbocycles. The topological polar surface area (TPSA) is 89.7 Å². The van der Waals surface area contributed by atoms with E-state index in [0.29, 0.717) is 11.3 Å². The van der Waals surface area contributed by atoms with E-state index in [2.05, 4.69) is 0 Å². The molecule has 0 atom stereocenters. The smallest absolute Gasteiger partial charge is 0.335 e. The molecule has 0 amide bonds. The lowest BCUT2D eigenvalue weighted by Gasteiger charge is -2.09. The van der Waals surface area contributed by atoms with Gasteiger partial charge in [0.2, 0.25) is 0 Å².